The van der Waals surface area contributed by atoms with Crippen molar-refractivity contribution in [2.24, 2.45) is 0 Å². The third-order valence-corrected chi connectivity index (χ3v) is 4.28. The summed E-state index contributed by atoms with van der Waals surface area (Å²) < 4.78 is 16.1. The van der Waals surface area contributed by atoms with Crippen molar-refractivity contribution in [2.75, 3.05) is 32.8 Å². The smallest absolute Gasteiger partial charge is 0.262 e. The predicted octanol–water partition coefficient (Wildman–Crippen LogP) is 3.31. The highest BCUT2D eigenvalue weighted by Gasteiger charge is 2.28. The molecule has 5 nitrogen and oxygen atoms in total. The summed E-state index contributed by atoms with van der Waals surface area (Å²) in [4.78, 5) is 14.9. The molecule has 1 aliphatic rings. The minimum Gasteiger partial charge on any atom is -0.497 e. The van der Waals surface area contributed by atoms with Crippen LogP contribution in [0.3, 0.4) is 0 Å². The van der Waals surface area contributed by atoms with Crippen LogP contribution in [-0.4, -0.2) is 33.8 Å². The normalized spacial score (nSPS) is 13.2. The average Bonchev–Trinajstić information content (AvgIpc) is 2.65. The maximum atomic E-state index is 13.2. The van der Waals surface area contributed by atoms with Crippen molar-refractivity contribution in [3.63, 3.8) is 0 Å². The van der Waals surface area contributed by atoms with E-state index in [1.54, 1.807) is 44.4 Å². The number of ether oxygens (including phenoxy) is 3. The lowest BCUT2D eigenvalue weighted by Gasteiger charge is -2.31. The molecular formula is C19H21NO4. The zero-order valence-corrected chi connectivity index (χ0v) is 14.2. The van der Waals surface area contributed by atoms with Crippen molar-refractivity contribution in [1.29, 1.82) is 0 Å². The summed E-state index contributed by atoms with van der Waals surface area (Å²) in [5.74, 6) is 1.77. The number of fused-ring (bicyclic) bond motifs is 1. The van der Waals surface area contributed by atoms with Crippen molar-refractivity contribution < 1.29 is 19.0 Å². The second-order valence-electron chi connectivity index (χ2n) is 5.59. The van der Waals surface area contributed by atoms with Gasteiger partial charge in [-0.05, 0) is 36.6 Å². The van der Waals surface area contributed by atoms with E-state index in [-0.39, 0.29) is 5.91 Å². The summed E-state index contributed by atoms with van der Waals surface area (Å²) in [6, 6.07) is 11.1. The molecule has 0 aliphatic carbocycles. The molecule has 1 heterocycles. The standard InChI is InChI=1S/C19H21NO4/c1-22-14-9-10-15(17(12-14)24-3)19(21)20-11-5-7-13-6-4-8-16(23-2)18(13)20/h4,6,8-10,12H,5,7,11H2,1-3H3. The van der Waals surface area contributed by atoms with E-state index in [9.17, 15) is 4.79 Å². The van der Waals surface area contributed by atoms with Crippen molar-refractivity contribution in [3.05, 3.63) is 47.5 Å². The topological polar surface area (TPSA) is 48.0 Å². The highest BCUT2D eigenvalue weighted by Crippen LogP contribution is 2.38. The van der Waals surface area contributed by atoms with Crippen LogP contribution >= 0.6 is 0 Å². The Labute approximate surface area is 141 Å². The number of nitrogens with zero attached hydrogens (tertiary/aromatic N) is 1. The molecule has 2 aromatic carbocycles. The number of carbonyl (C=O) groups is 1. The van der Waals surface area contributed by atoms with Crippen LogP contribution in [0.15, 0.2) is 36.4 Å². The molecule has 1 amide bonds. The van der Waals surface area contributed by atoms with Gasteiger partial charge >= 0.3 is 0 Å². The first-order valence-corrected chi connectivity index (χ1v) is 7.89. The van der Waals surface area contributed by atoms with E-state index in [0.717, 1.165) is 24.1 Å². The van der Waals surface area contributed by atoms with E-state index in [0.29, 0.717) is 29.4 Å². The number of aryl methyl sites for hydroxylation is 1. The minimum absolute atomic E-state index is 0.0973. The molecule has 0 atom stereocenters. The van der Waals surface area contributed by atoms with Crippen LogP contribution in [0.2, 0.25) is 0 Å². The van der Waals surface area contributed by atoms with Gasteiger partial charge in [-0.15, -0.1) is 0 Å². The van der Waals surface area contributed by atoms with Crippen LogP contribution in [0.5, 0.6) is 17.2 Å². The lowest BCUT2D eigenvalue weighted by Crippen LogP contribution is -2.36. The Hall–Kier alpha value is -2.69. The fraction of sp³-hybridized carbons (Fsp3) is 0.316. The SMILES string of the molecule is COc1ccc(C(=O)N2CCCc3cccc(OC)c32)c(OC)c1. The molecule has 0 radical (unpaired) electrons. The molecule has 5 heteroatoms. The van der Waals surface area contributed by atoms with Crippen LogP contribution in [0, 0.1) is 0 Å². The number of benzene rings is 2. The number of carbonyl (C=O) groups excluding carboxylic acids is 1. The van der Waals surface area contributed by atoms with Crippen LogP contribution in [0.25, 0.3) is 0 Å². The molecule has 0 spiro atoms. The van der Waals surface area contributed by atoms with E-state index in [2.05, 4.69) is 0 Å². The minimum atomic E-state index is -0.0973. The molecule has 2 aromatic rings. The maximum Gasteiger partial charge on any atom is 0.262 e. The lowest BCUT2D eigenvalue weighted by atomic mass is 9.99. The monoisotopic (exact) mass is 327 g/mol. The quantitative estimate of drug-likeness (QED) is 0.864. The van der Waals surface area contributed by atoms with Crippen LogP contribution in [0.1, 0.15) is 22.3 Å². The van der Waals surface area contributed by atoms with Crippen molar-refractivity contribution in [3.8, 4) is 17.2 Å². The van der Waals surface area contributed by atoms with E-state index in [1.165, 1.54) is 0 Å². The molecule has 0 N–H and O–H groups in total. The van der Waals surface area contributed by atoms with Gasteiger partial charge in [0.05, 0.1) is 32.6 Å². The van der Waals surface area contributed by atoms with Gasteiger partial charge in [-0.3, -0.25) is 4.79 Å². The van der Waals surface area contributed by atoms with Crippen LogP contribution in [-0.2, 0) is 6.42 Å². The largest absolute Gasteiger partial charge is 0.497 e. The third kappa shape index (κ3) is 2.77. The van der Waals surface area contributed by atoms with E-state index in [4.69, 9.17) is 14.2 Å². The first-order chi connectivity index (χ1) is 11.7. The van der Waals surface area contributed by atoms with Crippen LogP contribution < -0.4 is 19.1 Å². The fourth-order valence-corrected chi connectivity index (χ4v) is 3.10. The fourth-order valence-electron chi connectivity index (χ4n) is 3.10. The molecule has 0 bridgehead atoms. The van der Waals surface area contributed by atoms with Gasteiger partial charge in [-0.2, -0.15) is 0 Å². The molecule has 1 aliphatic heterocycles. The molecule has 0 saturated carbocycles. The summed E-state index contributed by atoms with van der Waals surface area (Å²) in [5, 5.41) is 0. The van der Waals surface area contributed by atoms with Crippen molar-refractivity contribution in [2.45, 2.75) is 12.8 Å². The molecule has 0 fully saturated rings. The van der Waals surface area contributed by atoms with E-state index in [1.807, 2.05) is 18.2 Å². The van der Waals surface area contributed by atoms with E-state index >= 15 is 0 Å². The summed E-state index contributed by atoms with van der Waals surface area (Å²) in [5.41, 5.74) is 2.49. The summed E-state index contributed by atoms with van der Waals surface area (Å²) >= 11 is 0. The van der Waals surface area contributed by atoms with Gasteiger partial charge in [0, 0.05) is 12.6 Å². The molecule has 0 unspecified atom stereocenters. The summed E-state index contributed by atoms with van der Waals surface area (Å²) in [6.45, 7) is 0.654. The summed E-state index contributed by atoms with van der Waals surface area (Å²) in [6.07, 6.45) is 1.86. The number of anilines is 1. The Bertz CT molecular complexity index is 743. The Balaban J connectivity index is 2.04. The third-order valence-electron chi connectivity index (χ3n) is 4.28. The van der Waals surface area contributed by atoms with Gasteiger partial charge in [0.1, 0.15) is 17.2 Å². The number of methoxy groups -OCH3 is 3. The first-order valence-electron chi connectivity index (χ1n) is 7.89. The molecule has 126 valence electrons. The zero-order valence-electron chi connectivity index (χ0n) is 14.2. The molecule has 0 aromatic heterocycles. The van der Waals surface area contributed by atoms with Crippen molar-refractivity contribution >= 4 is 11.6 Å². The van der Waals surface area contributed by atoms with Gasteiger partial charge in [0.15, 0.2) is 0 Å². The molecule has 0 saturated heterocycles. The van der Waals surface area contributed by atoms with Gasteiger partial charge in [-0.1, -0.05) is 12.1 Å². The Morgan fingerprint density at radius 1 is 1.00 bits per heavy atom. The van der Waals surface area contributed by atoms with E-state index < -0.39 is 0 Å². The Morgan fingerprint density at radius 3 is 2.50 bits per heavy atom. The maximum absolute atomic E-state index is 13.2. The highest BCUT2D eigenvalue weighted by molar-refractivity contribution is 6.09. The Kier molecular flexibility index (Phi) is 4.60. The second kappa shape index (κ2) is 6.83. The number of para-hydroxylation sites is 1. The van der Waals surface area contributed by atoms with Crippen LogP contribution in [0.4, 0.5) is 5.69 Å². The number of hydrogen-bond acceptors (Lipinski definition) is 4. The number of amides is 1. The summed E-state index contributed by atoms with van der Waals surface area (Å²) in [7, 11) is 4.76. The van der Waals surface area contributed by atoms with Gasteiger partial charge in [0.25, 0.3) is 5.91 Å². The van der Waals surface area contributed by atoms with Gasteiger partial charge in [-0.25, -0.2) is 0 Å². The lowest BCUT2D eigenvalue weighted by molar-refractivity contribution is 0.0981. The van der Waals surface area contributed by atoms with Gasteiger partial charge in [0.2, 0.25) is 0 Å². The molecule has 3 rings (SSSR count). The van der Waals surface area contributed by atoms with Crippen molar-refractivity contribution in [1.82, 2.24) is 0 Å². The number of hydrogen-bond donors (Lipinski definition) is 0. The number of rotatable bonds is 4. The molecular weight excluding hydrogens is 306 g/mol. The average molecular weight is 327 g/mol. The zero-order chi connectivity index (χ0) is 17.1. The first kappa shape index (κ1) is 16.2. The molecule has 24 heavy (non-hydrogen) atoms. The highest BCUT2D eigenvalue weighted by atomic mass is 16.5. The Morgan fingerprint density at radius 2 is 1.79 bits per heavy atom. The predicted molar refractivity (Wildman–Crippen MR) is 92.5 cm³/mol. The van der Waals surface area contributed by atoms with Gasteiger partial charge < -0.3 is 19.1 Å². The second-order valence-corrected chi connectivity index (χ2v) is 5.59.